The molecular formula is C21H21N3O4. The first-order chi connectivity index (χ1) is 13.4. The van der Waals surface area contributed by atoms with Crippen molar-refractivity contribution in [3.8, 4) is 0 Å². The third kappa shape index (κ3) is 4.09. The van der Waals surface area contributed by atoms with Crippen molar-refractivity contribution in [2.24, 2.45) is 5.92 Å². The summed E-state index contributed by atoms with van der Waals surface area (Å²) in [6, 6.07) is 13.0. The van der Waals surface area contributed by atoms with Gasteiger partial charge in [-0.3, -0.25) is 24.1 Å². The van der Waals surface area contributed by atoms with E-state index in [0.29, 0.717) is 34.8 Å². The summed E-state index contributed by atoms with van der Waals surface area (Å²) in [5, 5.41) is 5.44. The topological polar surface area (TPSA) is 95.6 Å². The number of anilines is 1. The van der Waals surface area contributed by atoms with Crippen molar-refractivity contribution in [1.29, 1.82) is 0 Å². The molecule has 0 atom stereocenters. The molecule has 0 saturated heterocycles. The maximum Gasteiger partial charge on any atom is 0.262 e. The van der Waals surface area contributed by atoms with Gasteiger partial charge in [-0.15, -0.1) is 0 Å². The lowest BCUT2D eigenvalue weighted by Gasteiger charge is -2.14. The Morgan fingerprint density at radius 2 is 1.61 bits per heavy atom. The highest BCUT2D eigenvalue weighted by atomic mass is 16.2. The highest BCUT2D eigenvalue weighted by Gasteiger charge is 2.36. The molecule has 2 aromatic carbocycles. The zero-order valence-electron chi connectivity index (χ0n) is 15.7. The largest absolute Gasteiger partial charge is 0.352 e. The van der Waals surface area contributed by atoms with Crippen molar-refractivity contribution in [3.63, 3.8) is 0 Å². The van der Waals surface area contributed by atoms with Gasteiger partial charge >= 0.3 is 0 Å². The van der Waals surface area contributed by atoms with E-state index in [1.54, 1.807) is 48.5 Å². The number of imide groups is 1. The third-order valence-electron chi connectivity index (χ3n) is 4.26. The normalized spacial score (nSPS) is 12.9. The summed E-state index contributed by atoms with van der Waals surface area (Å²) >= 11 is 0. The molecule has 0 aromatic heterocycles. The molecule has 0 radical (unpaired) electrons. The van der Waals surface area contributed by atoms with Crippen LogP contribution in [0, 0.1) is 5.92 Å². The number of fused-ring (bicyclic) bond motifs is 1. The summed E-state index contributed by atoms with van der Waals surface area (Å²) in [6.07, 6.45) is 0. The van der Waals surface area contributed by atoms with Gasteiger partial charge in [-0.05, 0) is 36.2 Å². The van der Waals surface area contributed by atoms with Gasteiger partial charge in [0, 0.05) is 17.8 Å². The Bertz CT molecular complexity index is 917. The summed E-state index contributed by atoms with van der Waals surface area (Å²) in [5.41, 5.74) is 1.42. The van der Waals surface area contributed by atoms with E-state index in [1.807, 2.05) is 13.8 Å². The number of nitrogens with one attached hydrogen (secondary N) is 2. The Labute approximate surface area is 162 Å². The predicted octanol–water partition coefficient (Wildman–Crippen LogP) is 2.31. The Morgan fingerprint density at radius 1 is 0.964 bits per heavy atom. The highest BCUT2D eigenvalue weighted by Crippen LogP contribution is 2.22. The number of carbonyl (C=O) groups is 4. The fraction of sp³-hybridized carbons (Fsp3) is 0.238. The number of benzene rings is 2. The van der Waals surface area contributed by atoms with Gasteiger partial charge in [0.05, 0.1) is 11.1 Å². The number of hydrogen-bond acceptors (Lipinski definition) is 4. The van der Waals surface area contributed by atoms with E-state index in [1.165, 1.54) is 0 Å². The summed E-state index contributed by atoms with van der Waals surface area (Å²) < 4.78 is 0. The van der Waals surface area contributed by atoms with E-state index in [2.05, 4.69) is 10.6 Å². The minimum Gasteiger partial charge on any atom is -0.352 e. The minimum atomic E-state index is -0.519. The van der Waals surface area contributed by atoms with Crippen LogP contribution in [0.5, 0.6) is 0 Å². The molecule has 0 saturated carbocycles. The maximum absolute atomic E-state index is 12.3. The number of amides is 4. The SMILES string of the molecule is CC(C)CNC(=O)c1cccc(NC(=O)CN2C(=O)c3ccccc3C2=O)c1. The van der Waals surface area contributed by atoms with Crippen LogP contribution in [-0.2, 0) is 4.79 Å². The van der Waals surface area contributed by atoms with Crippen molar-refractivity contribution in [2.75, 3.05) is 18.4 Å². The fourth-order valence-electron chi connectivity index (χ4n) is 2.86. The first kappa shape index (κ1) is 19.3. The van der Waals surface area contributed by atoms with Crippen molar-refractivity contribution in [1.82, 2.24) is 10.2 Å². The van der Waals surface area contributed by atoms with Gasteiger partial charge in [0.1, 0.15) is 6.54 Å². The molecule has 0 fully saturated rings. The molecule has 2 aromatic rings. The first-order valence-corrected chi connectivity index (χ1v) is 9.00. The highest BCUT2D eigenvalue weighted by molar-refractivity contribution is 6.22. The average Bonchev–Trinajstić information content (AvgIpc) is 2.91. The van der Waals surface area contributed by atoms with E-state index in [9.17, 15) is 19.2 Å². The van der Waals surface area contributed by atoms with Gasteiger partial charge in [0.15, 0.2) is 0 Å². The van der Waals surface area contributed by atoms with Crippen LogP contribution in [0.2, 0.25) is 0 Å². The molecule has 3 rings (SSSR count). The molecule has 1 aliphatic rings. The fourth-order valence-corrected chi connectivity index (χ4v) is 2.86. The molecule has 0 spiro atoms. The molecule has 7 nitrogen and oxygen atoms in total. The molecule has 1 heterocycles. The van der Waals surface area contributed by atoms with Crippen molar-refractivity contribution in [3.05, 3.63) is 65.2 Å². The van der Waals surface area contributed by atoms with Crippen LogP contribution in [0.4, 0.5) is 5.69 Å². The lowest BCUT2D eigenvalue weighted by Crippen LogP contribution is -2.37. The van der Waals surface area contributed by atoms with Crippen molar-refractivity contribution >= 4 is 29.3 Å². The minimum absolute atomic E-state index is 0.231. The van der Waals surface area contributed by atoms with Gasteiger partial charge in [0.25, 0.3) is 17.7 Å². The van der Waals surface area contributed by atoms with E-state index in [4.69, 9.17) is 0 Å². The van der Waals surface area contributed by atoms with Crippen LogP contribution in [0.3, 0.4) is 0 Å². The van der Waals surface area contributed by atoms with Crippen LogP contribution in [0.1, 0.15) is 44.9 Å². The molecular weight excluding hydrogens is 358 g/mol. The zero-order chi connectivity index (χ0) is 20.3. The second kappa shape index (κ2) is 8.04. The number of nitrogens with zero attached hydrogens (tertiary/aromatic N) is 1. The average molecular weight is 379 g/mol. The lowest BCUT2D eigenvalue weighted by atomic mass is 10.1. The summed E-state index contributed by atoms with van der Waals surface area (Å²) in [5.74, 6) is -1.40. The number of rotatable bonds is 6. The second-order valence-corrected chi connectivity index (χ2v) is 6.97. The van der Waals surface area contributed by atoms with Gasteiger partial charge in [-0.1, -0.05) is 32.0 Å². The molecule has 144 valence electrons. The standard InChI is InChI=1S/C21H21N3O4/c1-13(2)11-22-19(26)14-6-5-7-15(10-14)23-18(25)12-24-20(27)16-8-3-4-9-17(16)21(24)28/h3-10,13H,11-12H2,1-2H3,(H,22,26)(H,23,25). The molecule has 0 bridgehead atoms. The molecule has 4 amide bonds. The van der Waals surface area contributed by atoms with Gasteiger partial charge < -0.3 is 10.6 Å². The van der Waals surface area contributed by atoms with Crippen LogP contribution >= 0.6 is 0 Å². The summed E-state index contributed by atoms with van der Waals surface area (Å²) in [6.45, 7) is 4.15. The van der Waals surface area contributed by atoms with Crippen LogP contribution in [0.15, 0.2) is 48.5 Å². The summed E-state index contributed by atoms with van der Waals surface area (Å²) in [4.78, 5) is 50.1. The van der Waals surface area contributed by atoms with Crippen LogP contribution < -0.4 is 10.6 Å². The molecule has 1 aliphatic heterocycles. The number of carbonyl (C=O) groups excluding carboxylic acids is 4. The molecule has 0 aliphatic carbocycles. The quantitative estimate of drug-likeness (QED) is 0.753. The Hall–Kier alpha value is -3.48. The Balaban J connectivity index is 1.64. The van der Waals surface area contributed by atoms with Crippen LogP contribution in [-0.4, -0.2) is 41.6 Å². The zero-order valence-corrected chi connectivity index (χ0v) is 15.7. The third-order valence-corrected chi connectivity index (χ3v) is 4.26. The van der Waals surface area contributed by atoms with Gasteiger partial charge in [0.2, 0.25) is 5.91 Å². The molecule has 0 unspecified atom stereocenters. The van der Waals surface area contributed by atoms with E-state index in [-0.39, 0.29) is 5.91 Å². The monoisotopic (exact) mass is 379 g/mol. The smallest absolute Gasteiger partial charge is 0.262 e. The Kier molecular flexibility index (Phi) is 5.54. The van der Waals surface area contributed by atoms with Crippen molar-refractivity contribution in [2.45, 2.75) is 13.8 Å². The van der Waals surface area contributed by atoms with Gasteiger partial charge in [-0.25, -0.2) is 0 Å². The van der Waals surface area contributed by atoms with Crippen LogP contribution in [0.25, 0.3) is 0 Å². The lowest BCUT2D eigenvalue weighted by molar-refractivity contribution is -0.116. The van der Waals surface area contributed by atoms with E-state index >= 15 is 0 Å². The molecule has 7 heteroatoms. The summed E-state index contributed by atoms with van der Waals surface area (Å²) in [7, 11) is 0. The molecule has 2 N–H and O–H groups in total. The Morgan fingerprint density at radius 3 is 2.21 bits per heavy atom. The molecule has 28 heavy (non-hydrogen) atoms. The van der Waals surface area contributed by atoms with E-state index in [0.717, 1.165) is 4.90 Å². The van der Waals surface area contributed by atoms with E-state index < -0.39 is 24.3 Å². The predicted molar refractivity (Wildman–Crippen MR) is 104 cm³/mol. The first-order valence-electron chi connectivity index (χ1n) is 9.00. The van der Waals surface area contributed by atoms with Gasteiger partial charge in [-0.2, -0.15) is 0 Å². The number of hydrogen-bond donors (Lipinski definition) is 2. The second-order valence-electron chi connectivity index (χ2n) is 6.97. The van der Waals surface area contributed by atoms with Crippen molar-refractivity contribution < 1.29 is 19.2 Å². The maximum atomic E-state index is 12.3.